The number of hydrogen-bond acceptors (Lipinski definition) is 6. The fourth-order valence-corrected chi connectivity index (χ4v) is 6.17. The van der Waals surface area contributed by atoms with Gasteiger partial charge in [0.1, 0.15) is 23.6 Å². The van der Waals surface area contributed by atoms with Gasteiger partial charge >= 0.3 is 0 Å². The summed E-state index contributed by atoms with van der Waals surface area (Å²) in [5, 5.41) is 15.8. The molecule has 6 rings (SSSR count). The first-order valence-electron chi connectivity index (χ1n) is 14.4. The number of aromatic nitrogens is 2. The molecule has 227 valence electrons. The predicted octanol–water partition coefficient (Wildman–Crippen LogP) is 4.78. The lowest BCUT2D eigenvalue weighted by molar-refractivity contribution is 0.0428. The van der Waals surface area contributed by atoms with Crippen LogP contribution >= 0.6 is 0 Å². The van der Waals surface area contributed by atoms with E-state index in [1.807, 2.05) is 7.05 Å². The van der Waals surface area contributed by atoms with Gasteiger partial charge in [-0.05, 0) is 50.7 Å². The normalized spacial score (nSPS) is 20.0. The van der Waals surface area contributed by atoms with Crippen LogP contribution in [-0.4, -0.2) is 68.1 Å². The molecule has 12 heteroatoms. The highest BCUT2D eigenvalue weighted by molar-refractivity contribution is 6.25. The number of nitrogens with one attached hydrogen (secondary N) is 1. The minimum atomic E-state index is -3.23. The molecule has 3 aromatic carbocycles. The van der Waals surface area contributed by atoms with Crippen LogP contribution in [0.4, 0.5) is 20.2 Å². The molecule has 2 aliphatic heterocycles. The Kier molecular flexibility index (Phi) is 7.76. The van der Waals surface area contributed by atoms with Gasteiger partial charge in [0.15, 0.2) is 0 Å². The van der Waals surface area contributed by atoms with Crippen molar-refractivity contribution in [1.29, 1.82) is 5.26 Å². The van der Waals surface area contributed by atoms with Gasteiger partial charge in [-0.2, -0.15) is 19.1 Å². The van der Waals surface area contributed by atoms with Gasteiger partial charge in [0.25, 0.3) is 17.7 Å². The monoisotopic (exact) mass is 623 g/mol. The van der Waals surface area contributed by atoms with Crippen LogP contribution in [0.25, 0.3) is 0 Å². The molecular formula is C33H29F2N6O3Si. The van der Waals surface area contributed by atoms with Crippen molar-refractivity contribution in [1.82, 2.24) is 14.7 Å². The molecule has 9 nitrogen and oxygen atoms in total. The fourth-order valence-electron chi connectivity index (χ4n) is 5.79. The Hall–Kier alpha value is -4.86. The van der Waals surface area contributed by atoms with Crippen molar-refractivity contribution in [2.24, 2.45) is 0 Å². The lowest BCUT2D eigenvalue weighted by Gasteiger charge is -2.42. The Bertz CT molecular complexity index is 1800. The molecule has 45 heavy (non-hydrogen) atoms. The molecule has 0 spiro atoms. The maximum Gasteiger partial charge on any atom is 0.298 e. The molecule has 0 saturated carbocycles. The van der Waals surface area contributed by atoms with E-state index >= 15 is 8.78 Å². The first-order valence-corrected chi connectivity index (χ1v) is 14.9. The van der Waals surface area contributed by atoms with Crippen molar-refractivity contribution in [3.8, 4) is 11.8 Å². The summed E-state index contributed by atoms with van der Waals surface area (Å²) < 4.78 is 37.8. The maximum absolute atomic E-state index is 15.2. The number of hydrogen-bond donors (Lipinski definition) is 1. The van der Waals surface area contributed by atoms with E-state index in [-0.39, 0.29) is 40.6 Å². The lowest BCUT2D eigenvalue weighted by atomic mass is 9.99. The second kappa shape index (κ2) is 11.6. The van der Waals surface area contributed by atoms with E-state index < -0.39 is 22.9 Å². The van der Waals surface area contributed by atoms with Crippen molar-refractivity contribution in [3.05, 3.63) is 107 Å². The Labute approximate surface area is 262 Å². The summed E-state index contributed by atoms with van der Waals surface area (Å²) in [7, 11) is 5.68. The molecule has 1 saturated heterocycles. The number of amides is 2. The SMILES string of the molecule is CN1CCC(Oc2ccc(NC(=O)c3cnn4c3C(=O)N(c3ccc(C(F)(F)c5ccccc5)cc3)[C@@](C)([Si])C4)cc2C#N)C1. The number of likely N-dealkylation sites (tertiary alicyclic amines) is 1. The van der Waals surface area contributed by atoms with Crippen LogP contribution in [0.2, 0.25) is 0 Å². The first-order chi connectivity index (χ1) is 21.5. The highest BCUT2D eigenvalue weighted by Gasteiger charge is 2.43. The summed E-state index contributed by atoms with van der Waals surface area (Å²) in [4.78, 5) is 31.0. The molecular weight excluding hydrogens is 594 g/mol. The molecule has 1 fully saturated rings. The summed E-state index contributed by atoms with van der Waals surface area (Å²) >= 11 is 0. The largest absolute Gasteiger partial charge is 0.488 e. The third kappa shape index (κ3) is 5.72. The zero-order valence-corrected chi connectivity index (χ0v) is 25.6. The molecule has 3 heterocycles. The first kappa shape index (κ1) is 30.2. The third-order valence-electron chi connectivity index (χ3n) is 8.06. The Morgan fingerprint density at radius 3 is 2.51 bits per heavy atom. The third-order valence-corrected chi connectivity index (χ3v) is 8.45. The van der Waals surface area contributed by atoms with Gasteiger partial charge in [-0.25, -0.2) is 0 Å². The number of carbonyl (C=O) groups is 2. The summed E-state index contributed by atoms with van der Waals surface area (Å²) in [6.45, 7) is 3.62. The maximum atomic E-state index is 15.2. The van der Waals surface area contributed by atoms with Crippen LogP contribution in [0.3, 0.4) is 0 Å². The summed E-state index contributed by atoms with van der Waals surface area (Å²) in [6.07, 6.45) is 2.15. The van der Waals surface area contributed by atoms with Gasteiger partial charge in [-0.1, -0.05) is 42.5 Å². The van der Waals surface area contributed by atoms with Gasteiger partial charge in [0, 0.05) is 40.8 Å². The number of fused-ring (bicyclic) bond motifs is 1. The smallest absolute Gasteiger partial charge is 0.298 e. The number of carbonyl (C=O) groups excluding carboxylic acids is 2. The Morgan fingerprint density at radius 1 is 1.13 bits per heavy atom. The second-order valence-electron chi connectivity index (χ2n) is 11.5. The summed E-state index contributed by atoms with van der Waals surface area (Å²) in [6, 6.07) is 20.0. The van der Waals surface area contributed by atoms with E-state index in [1.165, 1.54) is 58.2 Å². The van der Waals surface area contributed by atoms with Gasteiger partial charge in [-0.15, -0.1) is 0 Å². The van der Waals surface area contributed by atoms with Crippen LogP contribution in [0.1, 0.15) is 50.9 Å². The van der Waals surface area contributed by atoms with E-state index in [0.29, 0.717) is 17.1 Å². The number of halogens is 2. The fraction of sp³-hybridized carbons (Fsp3) is 0.273. The van der Waals surface area contributed by atoms with Crippen LogP contribution in [0.15, 0.2) is 79.0 Å². The minimum Gasteiger partial charge on any atom is -0.488 e. The van der Waals surface area contributed by atoms with Crippen molar-refractivity contribution in [3.63, 3.8) is 0 Å². The second-order valence-corrected chi connectivity index (χ2v) is 12.6. The Balaban J connectivity index is 1.23. The zero-order valence-electron chi connectivity index (χ0n) is 24.6. The van der Waals surface area contributed by atoms with Crippen molar-refractivity contribution < 1.29 is 23.1 Å². The quantitative estimate of drug-likeness (QED) is 0.298. The number of likely N-dealkylation sites (N-methyl/N-ethyl adjacent to an activating group) is 1. The lowest BCUT2D eigenvalue weighted by Crippen LogP contribution is -2.58. The highest BCUT2D eigenvalue weighted by Crippen LogP contribution is 2.38. The average Bonchev–Trinajstić information content (AvgIpc) is 3.63. The number of nitrogens with zero attached hydrogens (tertiary/aromatic N) is 5. The zero-order chi connectivity index (χ0) is 31.9. The molecule has 2 atom stereocenters. The molecule has 0 bridgehead atoms. The number of alkyl halides is 2. The summed E-state index contributed by atoms with van der Waals surface area (Å²) in [5.74, 6) is -3.91. The van der Waals surface area contributed by atoms with E-state index in [9.17, 15) is 14.9 Å². The van der Waals surface area contributed by atoms with Gasteiger partial charge < -0.3 is 19.9 Å². The van der Waals surface area contributed by atoms with Crippen molar-refractivity contribution >= 4 is 33.4 Å². The van der Waals surface area contributed by atoms with E-state index in [2.05, 4.69) is 31.6 Å². The average molecular weight is 624 g/mol. The Morgan fingerprint density at radius 2 is 1.84 bits per heavy atom. The standard InChI is InChI=1S/C33H29F2N6O3Si/c1-32(45)20-40-29(31(43)41(32)25-11-8-23(9-12-25)33(34,35)22-6-4-3-5-7-22)27(18-37-40)30(42)38-24-10-13-28(21(16-24)17-36)44-26-14-15-39(2)19-26/h3-13,16,18,26H,14-15,19-20H2,1-2H3,(H,38,42)/t26?,32-/m0/s1. The van der Waals surface area contributed by atoms with E-state index in [1.54, 1.807) is 37.3 Å². The van der Waals surface area contributed by atoms with Crippen LogP contribution in [-0.2, 0) is 12.5 Å². The molecule has 0 aliphatic carbocycles. The highest BCUT2D eigenvalue weighted by atomic mass is 28.1. The molecule has 1 unspecified atom stereocenters. The number of ether oxygens (including phenoxy) is 1. The summed E-state index contributed by atoms with van der Waals surface area (Å²) in [5.41, 5.74) is 0.727. The van der Waals surface area contributed by atoms with Crippen LogP contribution in [0, 0.1) is 11.3 Å². The molecule has 1 aromatic heterocycles. The molecule has 4 aromatic rings. The van der Waals surface area contributed by atoms with Crippen LogP contribution < -0.4 is 15.0 Å². The number of benzene rings is 3. The van der Waals surface area contributed by atoms with Crippen molar-refractivity contribution in [2.45, 2.75) is 37.1 Å². The van der Waals surface area contributed by atoms with Gasteiger partial charge in [0.2, 0.25) is 0 Å². The van der Waals surface area contributed by atoms with E-state index in [0.717, 1.165) is 19.5 Å². The molecule has 2 aliphatic rings. The number of nitriles is 1. The van der Waals surface area contributed by atoms with Gasteiger partial charge in [-0.3, -0.25) is 14.3 Å². The number of rotatable bonds is 7. The van der Waals surface area contributed by atoms with Crippen molar-refractivity contribution in [2.75, 3.05) is 30.4 Å². The predicted molar refractivity (Wildman–Crippen MR) is 165 cm³/mol. The van der Waals surface area contributed by atoms with Gasteiger partial charge in [0.05, 0.1) is 34.1 Å². The minimum absolute atomic E-state index is 0.0213. The number of anilines is 2. The molecule has 3 radical (unpaired) electrons. The van der Waals surface area contributed by atoms with E-state index in [4.69, 9.17) is 4.74 Å². The topological polar surface area (TPSA) is 103 Å². The molecule has 1 N–H and O–H groups in total. The molecule has 2 amide bonds. The van der Waals surface area contributed by atoms with Crippen LogP contribution in [0.5, 0.6) is 5.75 Å².